The highest BCUT2D eigenvalue weighted by Crippen LogP contribution is 2.23. The second-order valence-electron chi connectivity index (χ2n) is 4.44. The number of nitrogens with zero attached hydrogens (tertiary/aromatic N) is 1. The van der Waals surface area contributed by atoms with E-state index in [1.807, 2.05) is 0 Å². The van der Waals surface area contributed by atoms with E-state index in [-0.39, 0.29) is 6.10 Å². The van der Waals surface area contributed by atoms with Crippen LogP contribution in [0.25, 0.3) is 0 Å². The van der Waals surface area contributed by atoms with Crippen LogP contribution in [0.3, 0.4) is 0 Å². The van der Waals surface area contributed by atoms with Crippen molar-refractivity contribution in [2.75, 3.05) is 20.8 Å². The molecule has 1 saturated carbocycles. The molecule has 3 nitrogen and oxygen atoms in total. The van der Waals surface area contributed by atoms with Crippen molar-refractivity contribution in [3.8, 4) is 0 Å². The van der Waals surface area contributed by atoms with Gasteiger partial charge in [0.15, 0.2) is 0 Å². The Kier molecular flexibility index (Phi) is 4.85. The van der Waals surface area contributed by atoms with E-state index in [1.165, 1.54) is 6.42 Å². The molecule has 0 amide bonds. The van der Waals surface area contributed by atoms with Gasteiger partial charge in [0.1, 0.15) is 0 Å². The highest BCUT2D eigenvalue weighted by molar-refractivity contribution is 4.80. The molecule has 0 aromatic carbocycles. The molecule has 3 heteroatoms. The van der Waals surface area contributed by atoms with E-state index >= 15 is 0 Å². The number of ether oxygens (including phenoxy) is 1. The van der Waals surface area contributed by atoms with Gasteiger partial charge in [-0.25, -0.2) is 0 Å². The Morgan fingerprint density at radius 2 is 2.21 bits per heavy atom. The summed E-state index contributed by atoms with van der Waals surface area (Å²) in [6, 6.07) is 0.971. The molecule has 14 heavy (non-hydrogen) atoms. The standard InChI is InChI=1S/C11H23NO2/c1-9(8-14-3)12(2)10-5-4-6-11(13)7-10/h9-11,13H,4-8H2,1-3H3. The molecule has 84 valence electrons. The molecule has 3 unspecified atom stereocenters. The van der Waals surface area contributed by atoms with Crippen molar-refractivity contribution >= 4 is 0 Å². The molecule has 0 heterocycles. The summed E-state index contributed by atoms with van der Waals surface area (Å²) in [5.41, 5.74) is 0. The number of likely N-dealkylation sites (N-methyl/N-ethyl adjacent to an activating group) is 1. The van der Waals surface area contributed by atoms with Crippen LogP contribution in [0.5, 0.6) is 0 Å². The number of aliphatic hydroxyl groups is 1. The summed E-state index contributed by atoms with van der Waals surface area (Å²) in [5.74, 6) is 0. The normalized spacial score (nSPS) is 30.6. The highest BCUT2D eigenvalue weighted by atomic mass is 16.5. The SMILES string of the molecule is COCC(C)N(C)C1CCCC(O)C1. The van der Waals surface area contributed by atoms with Crippen LogP contribution in [0, 0.1) is 0 Å². The Bertz CT molecular complexity index is 163. The van der Waals surface area contributed by atoms with Crippen molar-refractivity contribution in [2.45, 2.75) is 50.8 Å². The zero-order valence-electron chi connectivity index (χ0n) is 9.57. The zero-order chi connectivity index (χ0) is 10.6. The van der Waals surface area contributed by atoms with E-state index in [1.54, 1.807) is 7.11 Å². The minimum atomic E-state index is -0.0917. The summed E-state index contributed by atoms with van der Waals surface area (Å²) < 4.78 is 5.14. The Hall–Kier alpha value is -0.120. The molecule has 1 rings (SSSR count). The van der Waals surface area contributed by atoms with Crippen LogP contribution in [0.2, 0.25) is 0 Å². The van der Waals surface area contributed by atoms with E-state index in [0.29, 0.717) is 12.1 Å². The minimum absolute atomic E-state index is 0.0917. The summed E-state index contributed by atoms with van der Waals surface area (Å²) in [6.07, 6.45) is 4.16. The fourth-order valence-electron chi connectivity index (χ4n) is 2.23. The summed E-state index contributed by atoms with van der Waals surface area (Å²) in [5, 5.41) is 9.58. The van der Waals surface area contributed by atoms with Gasteiger partial charge in [-0.05, 0) is 39.7 Å². The summed E-state index contributed by atoms with van der Waals surface area (Å²) in [6.45, 7) is 2.94. The Morgan fingerprint density at radius 3 is 2.79 bits per heavy atom. The summed E-state index contributed by atoms with van der Waals surface area (Å²) in [4.78, 5) is 2.34. The van der Waals surface area contributed by atoms with Crippen LogP contribution < -0.4 is 0 Å². The molecule has 1 fully saturated rings. The number of aliphatic hydroxyl groups excluding tert-OH is 1. The Labute approximate surface area is 87.1 Å². The lowest BCUT2D eigenvalue weighted by Crippen LogP contribution is -2.44. The number of hydrogen-bond donors (Lipinski definition) is 1. The maximum atomic E-state index is 9.58. The lowest BCUT2D eigenvalue weighted by Gasteiger charge is -2.36. The Morgan fingerprint density at radius 1 is 1.50 bits per heavy atom. The fourth-order valence-corrected chi connectivity index (χ4v) is 2.23. The lowest BCUT2D eigenvalue weighted by molar-refractivity contribution is 0.0352. The van der Waals surface area contributed by atoms with Crippen molar-refractivity contribution in [3.05, 3.63) is 0 Å². The molecule has 0 bridgehead atoms. The molecular weight excluding hydrogens is 178 g/mol. The second kappa shape index (κ2) is 5.69. The van der Waals surface area contributed by atoms with Crippen LogP contribution >= 0.6 is 0 Å². The van der Waals surface area contributed by atoms with Crippen molar-refractivity contribution in [3.63, 3.8) is 0 Å². The Balaban J connectivity index is 2.38. The summed E-state index contributed by atoms with van der Waals surface area (Å²) in [7, 11) is 3.87. The first-order chi connectivity index (χ1) is 6.65. The average molecular weight is 201 g/mol. The third-order valence-electron chi connectivity index (χ3n) is 3.30. The van der Waals surface area contributed by atoms with Crippen molar-refractivity contribution in [1.29, 1.82) is 0 Å². The maximum absolute atomic E-state index is 9.58. The van der Waals surface area contributed by atoms with Gasteiger partial charge in [-0.1, -0.05) is 0 Å². The fraction of sp³-hybridized carbons (Fsp3) is 1.00. The molecule has 1 aliphatic carbocycles. The van der Waals surface area contributed by atoms with Gasteiger partial charge in [-0.2, -0.15) is 0 Å². The van der Waals surface area contributed by atoms with E-state index < -0.39 is 0 Å². The van der Waals surface area contributed by atoms with E-state index in [4.69, 9.17) is 4.74 Å². The van der Waals surface area contributed by atoms with Crippen molar-refractivity contribution in [1.82, 2.24) is 4.90 Å². The van der Waals surface area contributed by atoms with Crippen LogP contribution in [-0.2, 0) is 4.74 Å². The molecule has 0 aliphatic heterocycles. The molecule has 0 aromatic heterocycles. The third kappa shape index (κ3) is 3.23. The predicted molar refractivity (Wildman–Crippen MR) is 57.4 cm³/mol. The van der Waals surface area contributed by atoms with E-state index in [2.05, 4.69) is 18.9 Å². The van der Waals surface area contributed by atoms with Gasteiger partial charge in [0, 0.05) is 19.2 Å². The van der Waals surface area contributed by atoms with Gasteiger partial charge >= 0.3 is 0 Å². The molecule has 0 saturated heterocycles. The molecule has 0 aromatic rings. The molecule has 0 spiro atoms. The van der Waals surface area contributed by atoms with Gasteiger partial charge in [0.05, 0.1) is 12.7 Å². The van der Waals surface area contributed by atoms with Gasteiger partial charge in [0.2, 0.25) is 0 Å². The highest BCUT2D eigenvalue weighted by Gasteiger charge is 2.25. The van der Waals surface area contributed by atoms with Crippen molar-refractivity contribution in [2.24, 2.45) is 0 Å². The van der Waals surface area contributed by atoms with Crippen LogP contribution in [0.15, 0.2) is 0 Å². The minimum Gasteiger partial charge on any atom is -0.393 e. The van der Waals surface area contributed by atoms with Gasteiger partial charge in [-0.15, -0.1) is 0 Å². The van der Waals surface area contributed by atoms with Crippen LogP contribution in [0.1, 0.15) is 32.6 Å². The largest absolute Gasteiger partial charge is 0.393 e. The molecule has 3 atom stereocenters. The van der Waals surface area contributed by atoms with Gasteiger partial charge in [-0.3, -0.25) is 4.90 Å². The topological polar surface area (TPSA) is 32.7 Å². The number of hydrogen-bond acceptors (Lipinski definition) is 3. The van der Waals surface area contributed by atoms with Gasteiger partial charge < -0.3 is 9.84 Å². The first-order valence-corrected chi connectivity index (χ1v) is 5.54. The molecule has 1 N–H and O–H groups in total. The van der Waals surface area contributed by atoms with Gasteiger partial charge in [0.25, 0.3) is 0 Å². The smallest absolute Gasteiger partial charge is 0.0615 e. The molecule has 0 radical (unpaired) electrons. The monoisotopic (exact) mass is 201 g/mol. The first kappa shape index (κ1) is 12.0. The molecular formula is C11H23NO2. The van der Waals surface area contributed by atoms with Crippen LogP contribution in [0.4, 0.5) is 0 Å². The molecule has 1 aliphatic rings. The maximum Gasteiger partial charge on any atom is 0.0615 e. The van der Waals surface area contributed by atoms with E-state index in [9.17, 15) is 5.11 Å². The van der Waals surface area contributed by atoms with Crippen LogP contribution in [-0.4, -0.2) is 49.0 Å². The number of methoxy groups -OCH3 is 1. The second-order valence-corrected chi connectivity index (χ2v) is 4.44. The average Bonchev–Trinajstić information content (AvgIpc) is 2.17. The first-order valence-electron chi connectivity index (χ1n) is 5.54. The van der Waals surface area contributed by atoms with Crippen molar-refractivity contribution < 1.29 is 9.84 Å². The van der Waals surface area contributed by atoms with E-state index in [0.717, 1.165) is 25.9 Å². The summed E-state index contributed by atoms with van der Waals surface area (Å²) >= 11 is 0. The predicted octanol–water partition coefficient (Wildman–Crippen LogP) is 1.26. The third-order valence-corrected chi connectivity index (χ3v) is 3.30. The lowest BCUT2D eigenvalue weighted by atomic mass is 9.91. The number of rotatable bonds is 4. The quantitative estimate of drug-likeness (QED) is 0.743. The zero-order valence-corrected chi connectivity index (χ0v) is 9.57.